The first-order chi connectivity index (χ1) is 37.9. The van der Waals surface area contributed by atoms with Gasteiger partial charge in [-0.3, -0.25) is 44.2 Å². The lowest BCUT2D eigenvalue weighted by Crippen LogP contribution is -2.45. The quantitative estimate of drug-likeness (QED) is 0.0170. The predicted molar refractivity (Wildman–Crippen MR) is 284 cm³/mol. The average Bonchev–Trinajstić information content (AvgIpc) is 3.39. The number of nitrogens with two attached hydrogens (primary N) is 2. The van der Waals surface area contributed by atoms with Crippen molar-refractivity contribution in [2.24, 2.45) is 11.6 Å². The molecule has 0 aromatic rings. The molecule has 3 atom stereocenters. The van der Waals surface area contributed by atoms with E-state index in [1.807, 2.05) is 0 Å². The number of hydrazine groups is 1. The summed E-state index contributed by atoms with van der Waals surface area (Å²) in [5.74, 6) is -3.65. The standard InChI is InChI=1S/C51H89N9O19/c52-48(69)37(60-53)17-15-16-26-54-41(61)23-20-39(50(72)73)58-44(64)25-22-40(51(74)75)59-46(66)36-79-34-32-77-30-28-56-45(65)35-78-33-31-76-29-27-55-42(62)24-21-38(49(70)71)57-43(63)18-13-11-9-7-5-3-1-2-4-6-8-10-12-14-19-47(67)68/h17,38-40,60H,1-16,18-36,53H2,(H2,52,69)(H,54,61)(H,55,62)(H,56,65)(H,57,63)(H,58,64)(H,59,66)(H,67,68)(H,70,71)(H,72,73)(H,74,75)/b37-17+/t38-,39-,40-/m0/s1. The minimum Gasteiger partial charge on any atom is -0.481 e. The number of carbonyl (C=O) groups is 11. The maximum atomic E-state index is 12.4. The Hall–Kier alpha value is -6.49. The van der Waals surface area contributed by atoms with Crippen LogP contribution in [0.4, 0.5) is 0 Å². The molecule has 7 amide bonds. The molecule has 0 fully saturated rings. The molecule has 452 valence electrons. The molecule has 0 aliphatic carbocycles. The number of aliphatic carboxylic acids is 4. The number of carbonyl (C=O) groups excluding carboxylic acids is 7. The summed E-state index contributed by atoms with van der Waals surface area (Å²) in [4.78, 5) is 130. The van der Waals surface area contributed by atoms with E-state index in [2.05, 4.69) is 37.3 Å². The number of hydrogen-bond acceptors (Lipinski definition) is 17. The van der Waals surface area contributed by atoms with Crippen molar-refractivity contribution in [3.63, 3.8) is 0 Å². The van der Waals surface area contributed by atoms with Gasteiger partial charge in [-0.05, 0) is 44.9 Å². The van der Waals surface area contributed by atoms with Crippen LogP contribution in [0.3, 0.4) is 0 Å². The van der Waals surface area contributed by atoms with Gasteiger partial charge in [-0.1, -0.05) is 83.1 Å². The Morgan fingerprint density at radius 2 is 0.747 bits per heavy atom. The molecule has 0 unspecified atom stereocenters. The van der Waals surface area contributed by atoms with Gasteiger partial charge in [0.25, 0.3) is 5.91 Å². The molecule has 0 saturated carbocycles. The minimum absolute atomic E-state index is 0.0108. The van der Waals surface area contributed by atoms with E-state index < -0.39 is 90.5 Å². The van der Waals surface area contributed by atoms with Gasteiger partial charge in [0.15, 0.2) is 0 Å². The molecular formula is C51H89N9O19. The lowest BCUT2D eigenvalue weighted by atomic mass is 10.0. The summed E-state index contributed by atoms with van der Waals surface area (Å²) in [5.41, 5.74) is 7.28. The summed E-state index contributed by atoms with van der Waals surface area (Å²) >= 11 is 0. The number of allylic oxidation sites excluding steroid dienone is 1. The molecule has 0 aliphatic rings. The first-order valence-corrected chi connectivity index (χ1v) is 27.2. The zero-order chi connectivity index (χ0) is 58.9. The van der Waals surface area contributed by atoms with Crippen LogP contribution < -0.4 is 48.9 Å². The number of hydrogen-bond donors (Lipinski definition) is 13. The zero-order valence-corrected chi connectivity index (χ0v) is 45.6. The van der Waals surface area contributed by atoms with E-state index in [0.29, 0.717) is 19.3 Å². The predicted octanol–water partition coefficient (Wildman–Crippen LogP) is 0.389. The molecule has 0 rings (SSSR count). The van der Waals surface area contributed by atoms with E-state index in [0.717, 1.165) is 51.4 Å². The van der Waals surface area contributed by atoms with Gasteiger partial charge < -0.3 is 82.4 Å². The van der Waals surface area contributed by atoms with Gasteiger partial charge >= 0.3 is 23.9 Å². The summed E-state index contributed by atoms with van der Waals surface area (Å²) in [6, 6.07) is -4.12. The monoisotopic (exact) mass is 1130 g/mol. The number of nitrogens with one attached hydrogen (secondary N) is 7. The van der Waals surface area contributed by atoms with Gasteiger partial charge in [-0.25, -0.2) is 14.4 Å². The molecule has 0 aromatic carbocycles. The number of ether oxygens (including phenoxy) is 4. The third-order valence-electron chi connectivity index (χ3n) is 11.7. The number of carboxylic acid groups (broad SMARTS) is 4. The van der Waals surface area contributed by atoms with E-state index in [1.165, 1.54) is 38.2 Å². The SMILES string of the molecule is NN/C(=C/CCCNC(=O)CC[C@H](NC(=O)CC[C@H](NC(=O)COCCOCCNC(=O)COCCOCCNC(=O)CC[C@H](NC(=O)CCCCCCCCCCCCCCCCC(=O)O)C(=O)O)C(=O)O)C(=O)O)C(N)=O. The Balaban J connectivity index is 3.98. The first-order valence-electron chi connectivity index (χ1n) is 27.2. The van der Waals surface area contributed by atoms with Gasteiger partial charge in [0.05, 0.1) is 39.6 Å². The van der Waals surface area contributed by atoms with Crippen molar-refractivity contribution in [1.29, 1.82) is 0 Å². The fraction of sp³-hybridized carbons (Fsp3) is 0.745. The highest BCUT2D eigenvalue weighted by Gasteiger charge is 2.25. The van der Waals surface area contributed by atoms with E-state index >= 15 is 0 Å². The Morgan fingerprint density at radius 1 is 0.392 bits per heavy atom. The Labute approximate surface area is 461 Å². The number of rotatable bonds is 54. The van der Waals surface area contributed by atoms with Crippen LogP contribution in [0.15, 0.2) is 11.8 Å². The summed E-state index contributed by atoms with van der Waals surface area (Å²) in [7, 11) is 0. The van der Waals surface area contributed by atoms with Crippen LogP contribution >= 0.6 is 0 Å². The highest BCUT2D eigenvalue weighted by Crippen LogP contribution is 2.14. The molecule has 0 aromatic heterocycles. The van der Waals surface area contributed by atoms with Crippen molar-refractivity contribution in [3.8, 4) is 0 Å². The van der Waals surface area contributed by atoms with Crippen LogP contribution in [0.2, 0.25) is 0 Å². The highest BCUT2D eigenvalue weighted by molar-refractivity contribution is 5.91. The fourth-order valence-corrected chi connectivity index (χ4v) is 7.38. The maximum Gasteiger partial charge on any atom is 0.326 e. The molecule has 28 heteroatoms. The number of unbranched alkanes of at least 4 members (excludes halogenated alkanes) is 14. The van der Waals surface area contributed by atoms with Crippen LogP contribution in [0.5, 0.6) is 0 Å². The van der Waals surface area contributed by atoms with Crippen molar-refractivity contribution in [1.82, 2.24) is 37.3 Å². The summed E-state index contributed by atoms with van der Waals surface area (Å²) in [6.07, 6.45) is 16.0. The number of amides is 7. The summed E-state index contributed by atoms with van der Waals surface area (Å²) < 4.78 is 21.2. The van der Waals surface area contributed by atoms with Crippen molar-refractivity contribution in [2.45, 2.75) is 172 Å². The van der Waals surface area contributed by atoms with E-state index in [1.54, 1.807) is 0 Å². The summed E-state index contributed by atoms with van der Waals surface area (Å²) in [6.45, 7) is 0.141. The molecular weight excluding hydrogens is 1040 g/mol. The van der Waals surface area contributed by atoms with Gasteiger partial charge in [-0.15, -0.1) is 0 Å². The van der Waals surface area contributed by atoms with Crippen molar-refractivity contribution in [3.05, 3.63) is 11.8 Å². The van der Waals surface area contributed by atoms with E-state index in [-0.39, 0.29) is 122 Å². The second-order valence-electron chi connectivity index (χ2n) is 18.5. The van der Waals surface area contributed by atoms with Gasteiger partial charge in [-0.2, -0.15) is 0 Å². The smallest absolute Gasteiger partial charge is 0.326 e. The van der Waals surface area contributed by atoms with Crippen LogP contribution in [-0.2, 0) is 71.7 Å². The molecule has 0 heterocycles. The topological polar surface area (TPSA) is 442 Å². The van der Waals surface area contributed by atoms with Crippen LogP contribution in [-0.4, -0.2) is 176 Å². The van der Waals surface area contributed by atoms with Crippen molar-refractivity contribution in [2.75, 3.05) is 72.5 Å². The van der Waals surface area contributed by atoms with E-state index in [4.69, 9.17) is 35.6 Å². The lowest BCUT2D eigenvalue weighted by molar-refractivity contribution is -0.144. The molecule has 0 radical (unpaired) electrons. The zero-order valence-electron chi connectivity index (χ0n) is 45.6. The maximum absolute atomic E-state index is 12.4. The van der Waals surface area contributed by atoms with Crippen molar-refractivity contribution < 1.29 is 92.1 Å². The van der Waals surface area contributed by atoms with Crippen LogP contribution in [0.1, 0.15) is 154 Å². The summed E-state index contributed by atoms with van der Waals surface area (Å²) in [5, 5.41) is 52.0. The van der Waals surface area contributed by atoms with Gasteiger partial charge in [0, 0.05) is 51.7 Å². The molecule has 0 spiro atoms. The number of carboxylic acids is 4. The third-order valence-corrected chi connectivity index (χ3v) is 11.7. The Kier molecular flexibility index (Phi) is 44.6. The molecule has 0 aliphatic heterocycles. The molecule has 28 nitrogen and oxygen atoms in total. The molecule has 79 heavy (non-hydrogen) atoms. The van der Waals surface area contributed by atoms with E-state index in [9.17, 15) is 68.1 Å². The normalized spacial score (nSPS) is 12.3. The highest BCUT2D eigenvalue weighted by atomic mass is 16.5. The van der Waals surface area contributed by atoms with Crippen molar-refractivity contribution >= 4 is 65.2 Å². The Bertz CT molecular complexity index is 1860. The average molecular weight is 1130 g/mol. The second kappa shape index (κ2) is 48.6. The largest absolute Gasteiger partial charge is 0.481 e. The molecule has 15 N–H and O–H groups in total. The second-order valence-corrected chi connectivity index (χ2v) is 18.5. The van der Waals surface area contributed by atoms with Gasteiger partial charge in [0.1, 0.15) is 37.0 Å². The molecule has 0 saturated heterocycles. The Morgan fingerprint density at radius 3 is 1.16 bits per heavy atom. The first kappa shape index (κ1) is 72.5. The number of primary amides is 1. The lowest BCUT2D eigenvalue weighted by Gasteiger charge is -2.17. The minimum atomic E-state index is -1.49. The van der Waals surface area contributed by atoms with Gasteiger partial charge in [0.2, 0.25) is 35.4 Å². The fourth-order valence-electron chi connectivity index (χ4n) is 7.38. The molecule has 0 bridgehead atoms. The van der Waals surface area contributed by atoms with Crippen LogP contribution in [0, 0.1) is 0 Å². The van der Waals surface area contributed by atoms with Crippen LogP contribution in [0.25, 0.3) is 0 Å². The third kappa shape index (κ3) is 45.1.